The molecule has 2 aromatic rings. The lowest BCUT2D eigenvalue weighted by Crippen LogP contribution is -2.33. The number of carbonyl (C=O) groups excluding carboxylic acids is 1. The van der Waals surface area contributed by atoms with E-state index < -0.39 is 38.8 Å². The number of nitrogens with zero attached hydrogens (tertiary/aromatic N) is 3. The summed E-state index contributed by atoms with van der Waals surface area (Å²) in [6.45, 7) is 4.63. The first-order valence-electron chi connectivity index (χ1n) is 10.7. The van der Waals surface area contributed by atoms with Gasteiger partial charge in [-0.1, -0.05) is 6.07 Å². The number of halogens is 1. The third-order valence-electron chi connectivity index (χ3n) is 5.88. The maximum atomic E-state index is 13.2. The van der Waals surface area contributed by atoms with E-state index >= 15 is 0 Å². The van der Waals surface area contributed by atoms with Gasteiger partial charge < -0.3 is 15.3 Å². The normalized spacial score (nSPS) is 16.6. The minimum Gasteiger partial charge on any atom is -0.443 e. The summed E-state index contributed by atoms with van der Waals surface area (Å²) in [5.74, 6) is -0.661. The van der Waals surface area contributed by atoms with Gasteiger partial charge in [0.25, 0.3) is 10.6 Å². The van der Waals surface area contributed by atoms with Crippen LogP contribution in [0.25, 0.3) is 10.8 Å². The highest BCUT2D eigenvalue weighted by molar-refractivity contribution is 7.89. The summed E-state index contributed by atoms with van der Waals surface area (Å²) in [4.78, 5) is 40.2. The van der Waals surface area contributed by atoms with Gasteiger partial charge in [0, 0.05) is 36.1 Å². The smallest absolute Gasteiger partial charge is 0.313 e. The van der Waals surface area contributed by atoms with Crippen molar-refractivity contribution >= 4 is 39.2 Å². The van der Waals surface area contributed by atoms with Gasteiger partial charge in [-0.25, -0.2) is 8.42 Å². The molecule has 12 nitrogen and oxygen atoms in total. The fourth-order valence-electron chi connectivity index (χ4n) is 3.85. The molecule has 0 radical (unpaired) electrons. The number of sulfonamides is 1. The molecule has 194 valence electrons. The summed E-state index contributed by atoms with van der Waals surface area (Å²) in [5, 5.41) is 9.85. The molecule has 1 aliphatic heterocycles. The molecule has 0 aliphatic carbocycles. The molecule has 14 heteroatoms. The molecular weight excluding hydrogens is 504 g/mol. The molecule has 1 aromatic carbocycles. The molecule has 0 saturated carbocycles. The van der Waals surface area contributed by atoms with Crippen LogP contribution in [0.2, 0.25) is 0 Å². The van der Waals surface area contributed by atoms with Crippen LogP contribution in [0, 0.1) is 22.5 Å². The largest absolute Gasteiger partial charge is 0.443 e. The number of aryl methyl sites for hydroxylation is 1. The number of fused-ring (bicyclic) bond motifs is 1. The van der Waals surface area contributed by atoms with Crippen molar-refractivity contribution in [3.05, 3.63) is 50.4 Å². The Balaban J connectivity index is 0.00000432. The van der Waals surface area contributed by atoms with Gasteiger partial charge in [-0.2, -0.15) is 4.31 Å². The third-order valence-corrected chi connectivity index (χ3v) is 7.79. The fourth-order valence-corrected chi connectivity index (χ4v) is 5.64. The van der Waals surface area contributed by atoms with E-state index in [-0.39, 0.29) is 48.3 Å². The van der Waals surface area contributed by atoms with Gasteiger partial charge in [0.05, 0.1) is 16.9 Å². The first kappa shape index (κ1) is 28.5. The Morgan fingerprint density at radius 2 is 2.03 bits per heavy atom. The number of hydrogen-bond acceptors (Lipinski definition) is 9. The van der Waals surface area contributed by atoms with E-state index in [0.717, 1.165) is 0 Å². The van der Waals surface area contributed by atoms with Gasteiger partial charge in [0.1, 0.15) is 0 Å². The molecule has 0 bridgehead atoms. The Morgan fingerprint density at radius 3 is 2.63 bits per heavy atom. The van der Waals surface area contributed by atoms with E-state index in [0.29, 0.717) is 23.9 Å². The maximum Gasteiger partial charge on any atom is 0.313 e. The molecule has 1 saturated heterocycles. The number of carbonyl (C=O) groups is 1. The summed E-state index contributed by atoms with van der Waals surface area (Å²) >= 11 is 0. The van der Waals surface area contributed by atoms with E-state index in [4.69, 9.17) is 10.5 Å². The molecule has 0 amide bonds. The van der Waals surface area contributed by atoms with E-state index in [1.807, 2.05) is 0 Å². The summed E-state index contributed by atoms with van der Waals surface area (Å²) in [6.07, 6.45) is 2.05. The average molecular weight is 533 g/mol. The topological polar surface area (TPSA) is 164 Å². The van der Waals surface area contributed by atoms with E-state index in [9.17, 15) is 28.1 Å². The highest BCUT2D eigenvalue weighted by atomic mass is 35.5. The van der Waals surface area contributed by atoms with Crippen molar-refractivity contribution in [2.75, 3.05) is 19.7 Å². The van der Waals surface area contributed by atoms with Crippen LogP contribution >= 0.6 is 12.4 Å². The molecular formula is C21H29ClN4O8S. The molecule has 2 heterocycles. The van der Waals surface area contributed by atoms with Crippen LogP contribution in [0.5, 0.6) is 0 Å². The van der Waals surface area contributed by atoms with Crippen LogP contribution in [0.4, 0.5) is 0 Å². The quantitative estimate of drug-likeness (QED) is 0.286. The first-order valence-corrected chi connectivity index (χ1v) is 12.1. The first-order chi connectivity index (χ1) is 15.8. The summed E-state index contributed by atoms with van der Waals surface area (Å²) < 4.78 is 34.3. The zero-order valence-electron chi connectivity index (χ0n) is 19.6. The van der Waals surface area contributed by atoms with Gasteiger partial charge in [-0.3, -0.25) is 14.2 Å². The predicted octanol–water partition coefficient (Wildman–Crippen LogP) is 1.58. The Kier molecular flexibility index (Phi) is 8.87. The lowest BCUT2D eigenvalue weighted by atomic mass is 9.90. The second-order valence-electron chi connectivity index (χ2n) is 8.93. The average Bonchev–Trinajstić information content (AvgIpc) is 3.21. The van der Waals surface area contributed by atoms with Crippen LogP contribution in [0.15, 0.2) is 34.1 Å². The van der Waals surface area contributed by atoms with Crippen molar-refractivity contribution in [2.24, 2.45) is 11.1 Å². The van der Waals surface area contributed by atoms with Gasteiger partial charge in [-0.15, -0.1) is 22.5 Å². The number of pyridine rings is 1. The number of esters is 1. The Morgan fingerprint density at radius 1 is 1.34 bits per heavy atom. The summed E-state index contributed by atoms with van der Waals surface area (Å²) in [5.41, 5.74) is 4.80. The molecule has 1 aromatic heterocycles. The van der Waals surface area contributed by atoms with Crippen molar-refractivity contribution < 1.29 is 27.9 Å². The summed E-state index contributed by atoms with van der Waals surface area (Å²) in [6, 6.07) is 4.26. The number of ether oxygens (including phenoxy) is 1. The number of rotatable bonds is 9. The Bertz CT molecular complexity index is 1280. The molecule has 0 spiro atoms. The second-order valence-corrected chi connectivity index (χ2v) is 10.8. The van der Waals surface area contributed by atoms with Gasteiger partial charge >= 0.3 is 5.97 Å². The Labute approximate surface area is 208 Å². The van der Waals surface area contributed by atoms with Crippen molar-refractivity contribution in [1.82, 2.24) is 8.87 Å². The SMILES string of the molecule is Cc1cn(COC(=O)C(C)(C)CCO[N+](=O)[O-])c(=O)c2cccc(S(=O)(=O)N3CC[C@H](N)C3)c12.Cl. The maximum absolute atomic E-state index is 13.2. The third kappa shape index (κ3) is 6.10. The zero-order chi connectivity index (χ0) is 25.3. The molecule has 1 atom stereocenters. The fraction of sp³-hybridized carbons (Fsp3) is 0.524. The number of hydrogen-bond donors (Lipinski definition) is 1. The number of aromatic nitrogens is 1. The monoisotopic (exact) mass is 532 g/mol. The van der Waals surface area contributed by atoms with E-state index in [1.54, 1.807) is 20.8 Å². The van der Waals surface area contributed by atoms with Crippen LogP contribution in [-0.4, -0.2) is 54.1 Å². The molecule has 3 rings (SSSR count). The minimum atomic E-state index is -3.85. The summed E-state index contributed by atoms with van der Waals surface area (Å²) in [7, 11) is -3.85. The molecule has 35 heavy (non-hydrogen) atoms. The molecule has 0 unspecified atom stereocenters. The molecule has 1 aliphatic rings. The highest BCUT2D eigenvalue weighted by Gasteiger charge is 2.33. The van der Waals surface area contributed by atoms with Gasteiger partial charge in [-0.05, 0) is 51.3 Å². The zero-order valence-corrected chi connectivity index (χ0v) is 21.3. The van der Waals surface area contributed by atoms with Gasteiger partial charge in [0.2, 0.25) is 10.0 Å². The van der Waals surface area contributed by atoms with Crippen molar-refractivity contribution in [2.45, 2.75) is 51.3 Å². The Hall–Kier alpha value is -2.74. The lowest BCUT2D eigenvalue weighted by molar-refractivity contribution is -0.758. The van der Waals surface area contributed by atoms with Gasteiger partial charge in [0.15, 0.2) is 6.73 Å². The predicted molar refractivity (Wildman–Crippen MR) is 129 cm³/mol. The lowest BCUT2D eigenvalue weighted by Gasteiger charge is -2.22. The van der Waals surface area contributed by atoms with Crippen LogP contribution < -0.4 is 11.3 Å². The van der Waals surface area contributed by atoms with Crippen molar-refractivity contribution in [3.63, 3.8) is 0 Å². The number of nitrogens with two attached hydrogens (primary N) is 1. The minimum absolute atomic E-state index is 0. The van der Waals surface area contributed by atoms with Crippen molar-refractivity contribution in [1.29, 1.82) is 0 Å². The highest BCUT2D eigenvalue weighted by Crippen LogP contribution is 2.29. The van der Waals surface area contributed by atoms with Crippen LogP contribution in [0.3, 0.4) is 0 Å². The van der Waals surface area contributed by atoms with Crippen molar-refractivity contribution in [3.8, 4) is 0 Å². The molecule has 1 fully saturated rings. The van der Waals surface area contributed by atoms with Crippen LogP contribution in [-0.2, 0) is 31.1 Å². The number of benzene rings is 1. The standard InChI is InChI=1S/C21H28N4O8S.ClH/c1-14-11-23(13-32-20(27)21(2,3)8-10-33-25(28)29)19(26)16-5-4-6-17(18(14)16)34(30,31)24-9-7-15(22)12-24;/h4-6,11,15H,7-10,12-13,22H2,1-3H3;1H/t15-;/m0./s1. The van der Waals surface area contributed by atoms with Crippen LogP contribution in [0.1, 0.15) is 32.3 Å². The van der Waals surface area contributed by atoms with E-state index in [2.05, 4.69) is 4.84 Å². The molecule has 2 N–H and O–H groups in total. The van der Waals surface area contributed by atoms with E-state index in [1.165, 1.54) is 33.3 Å². The second kappa shape index (κ2) is 10.9.